The van der Waals surface area contributed by atoms with Gasteiger partial charge in [-0.2, -0.15) is 4.31 Å². The van der Waals surface area contributed by atoms with Crippen molar-refractivity contribution in [2.75, 3.05) is 13.1 Å². The second-order valence-corrected chi connectivity index (χ2v) is 5.73. The molecule has 0 amide bonds. The van der Waals surface area contributed by atoms with E-state index in [1.165, 1.54) is 10.4 Å². The quantitative estimate of drug-likeness (QED) is 0.860. The first-order valence-electron chi connectivity index (χ1n) is 4.30. The van der Waals surface area contributed by atoms with Gasteiger partial charge in [-0.1, -0.05) is 13.8 Å². The van der Waals surface area contributed by atoms with E-state index in [2.05, 4.69) is 0 Å². The Bertz CT molecular complexity index is 392. The van der Waals surface area contributed by atoms with Crippen LogP contribution in [-0.2, 0) is 10.0 Å². The van der Waals surface area contributed by atoms with E-state index in [0.29, 0.717) is 13.1 Å². The highest BCUT2D eigenvalue weighted by Crippen LogP contribution is 2.30. The highest BCUT2D eigenvalue weighted by Gasteiger charge is 2.25. The first-order chi connectivity index (χ1) is 6.54. The Labute approximate surface area is 87.8 Å². The number of sulfonamides is 1. The molecule has 0 aromatic carbocycles. The molecule has 0 aliphatic heterocycles. The molecule has 0 saturated heterocycles. The average molecular weight is 235 g/mol. The summed E-state index contributed by atoms with van der Waals surface area (Å²) in [5, 5.41) is 10.9. The predicted molar refractivity (Wildman–Crippen MR) is 56.1 cm³/mol. The van der Waals surface area contributed by atoms with Gasteiger partial charge in [0.25, 0.3) is 10.0 Å². The normalized spacial score (nSPS) is 12.2. The van der Waals surface area contributed by atoms with E-state index in [1.807, 2.05) is 0 Å². The summed E-state index contributed by atoms with van der Waals surface area (Å²) in [5.41, 5.74) is 0. The molecule has 14 heavy (non-hydrogen) atoms. The van der Waals surface area contributed by atoms with Gasteiger partial charge in [-0.05, 0) is 11.4 Å². The number of aromatic hydroxyl groups is 1. The van der Waals surface area contributed by atoms with Crippen molar-refractivity contribution >= 4 is 21.4 Å². The molecule has 80 valence electrons. The Morgan fingerprint density at radius 1 is 1.43 bits per heavy atom. The highest BCUT2D eigenvalue weighted by molar-refractivity contribution is 7.91. The van der Waals surface area contributed by atoms with Crippen LogP contribution in [0.4, 0.5) is 0 Å². The minimum atomic E-state index is -3.49. The summed E-state index contributed by atoms with van der Waals surface area (Å²) in [6, 6.07) is 1.39. The minimum Gasteiger partial charge on any atom is -0.506 e. The van der Waals surface area contributed by atoms with Crippen molar-refractivity contribution in [1.29, 1.82) is 0 Å². The maximum absolute atomic E-state index is 11.9. The molecular formula is C8H13NO3S2. The molecule has 0 fully saturated rings. The zero-order valence-electron chi connectivity index (χ0n) is 8.10. The first kappa shape index (κ1) is 11.5. The van der Waals surface area contributed by atoms with Gasteiger partial charge in [0.05, 0.1) is 0 Å². The van der Waals surface area contributed by atoms with E-state index < -0.39 is 10.0 Å². The molecular weight excluding hydrogens is 222 g/mol. The standard InChI is InChI=1S/C8H13NO3S2/c1-3-9(4-2)14(11,12)8-7(10)5-6-13-8/h5-6,10H,3-4H2,1-2H3. The fraction of sp³-hybridized carbons (Fsp3) is 0.500. The lowest BCUT2D eigenvalue weighted by Crippen LogP contribution is -2.30. The van der Waals surface area contributed by atoms with Gasteiger partial charge >= 0.3 is 0 Å². The van der Waals surface area contributed by atoms with Gasteiger partial charge in [-0.15, -0.1) is 11.3 Å². The van der Waals surface area contributed by atoms with Crippen LogP contribution in [0.25, 0.3) is 0 Å². The predicted octanol–water partition coefficient (Wildman–Crippen LogP) is 1.48. The number of hydrogen-bond donors (Lipinski definition) is 1. The monoisotopic (exact) mass is 235 g/mol. The maximum Gasteiger partial charge on any atom is 0.256 e. The topological polar surface area (TPSA) is 57.6 Å². The Kier molecular flexibility index (Phi) is 3.52. The van der Waals surface area contributed by atoms with E-state index in [9.17, 15) is 13.5 Å². The van der Waals surface area contributed by atoms with Gasteiger partial charge in [0, 0.05) is 13.1 Å². The first-order valence-corrected chi connectivity index (χ1v) is 6.62. The molecule has 0 spiro atoms. The Morgan fingerprint density at radius 2 is 2.00 bits per heavy atom. The van der Waals surface area contributed by atoms with Crippen molar-refractivity contribution < 1.29 is 13.5 Å². The third kappa shape index (κ3) is 1.92. The van der Waals surface area contributed by atoms with E-state index in [0.717, 1.165) is 11.3 Å². The summed E-state index contributed by atoms with van der Waals surface area (Å²) in [6.07, 6.45) is 0. The lowest BCUT2D eigenvalue weighted by atomic mass is 10.6. The van der Waals surface area contributed by atoms with Crippen LogP contribution in [0.3, 0.4) is 0 Å². The molecule has 1 heterocycles. The van der Waals surface area contributed by atoms with Gasteiger partial charge in [0.1, 0.15) is 5.75 Å². The Balaban J connectivity index is 3.14. The number of nitrogens with zero attached hydrogens (tertiary/aromatic N) is 1. The molecule has 0 atom stereocenters. The molecule has 0 unspecified atom stereocenters. The second kappa shape index (κ2) is 4.29. The van der Waals surface area contributed by atoms with Crippen molar-refractivity contribution in [1.82, 2.24) is 4.31 Å². The number of hydrogen-bond acceptors (Lipinski definition) is 4. The van der Waals surface area contributed by atoms with E-state index in [-0.39, 0.29) is 9.96 Å². The summed E-state index contributed by atoms with van der Waals surface area (Å²) in [4.78, 5) is 0. The third-order valence-electron chi connectivity index (χ3n) is 1.89. The molecule has 0 radical (unpaired) electrons. The van der Waals surface area contributed by atoms with Crippen LogP contribution in [0.2, 0.25) is 0 Å². The summed E-state index contributed by atoms with van der Waals surface area (Å²) < 4.78 is 25.1. The molecule has 1 rings (SSSR count). The fourth-order valence-corrected chi connectivity index (χ4v) is 3.89. The van der Waals surface area contributed by atoms with Crippen molar-refractivity contribution in [3.05, 3.63) is 11.4 Å². The molecule has 6 heteroatoms. The van der Waals surface area contributed by atoms with Gasteiger partial charge in [-0.3, -0.25) is 0 Å². The van der Waals surface area contributed by atoms with Crippen LogP contribution in [-0.4, -0.2) is 30.9 Å². The second-order valence-electron chi connectivity index (χ2n) is 2.68. The van der Waals surface area contributed by atoms with Crippen molar-refractivity contribution in [3.8, 4) is 5.75 Å². The van der Waals surface area contributed by atoms with Gasteiger partial charge in [0.2, 0.25) is 0 Å². The molecule has 0 aliphatic rings. The van der Waals surface area contributed by atoms with Crippen molar-refractivity contribution in [3.63, 3.8) is 0 Å². The molecule has 4 nitrogen and oxygen atoms in total. The van der Waals surface area contributed by atoms with E-state index in [4.69, 9.17) is 0 Å². The lowest BCUT2D eigenvalue weighted by molar-refractivity contribution is 0.433. The summed E-state index contributed by atoms with van der Waals surface area (Å²) in [6.45, 7) is 4.36. The SMILES string of the molecule is CCN(CC)S(=O)(=O)c1sccc1O. The smallest absolute Gasteiger partial charge is 0.256 e. The van der Waals surface area contributed by atoms with Crippen LogP contribution < -0.4 is 0 Å². The number of rotatable bonds is 4. The molecule has 0 bridgehead atoms. The van der Waals surface area contributed by atoms with Crippen LogP contribution in [0.5, 0.6) is 5.75 Å². The van der Waals surface area contributed by atoms with Crippen molar-refractivity contribution in [2.24, 2.45) is 0 Å². The zero-order chi connectivity index (χ0) is 10.8. The van der Waals surface area contributed by atoms with Crippen LogP contribution >= 0.6 is 11.3 Å². The molecule has 0 saturated carbocycles. The zero-order valence-corrected chi connectivity index (χ0v) is 9.73. The third-order valence-corrected chi connectivity index (χ3v) is 5.38. The van der Waals surface area contributed by atoms with Gasteiger partial charge < -0.3 is 5.11 Å². The molecule has 1 aromatic rings. The highest BCUT2D eigenvalue weighted by atomic mass is 32.2. The summed E-state index contributed by atoms with van der Waals surface area (Å²) in [7, 11) is -3.49. The van der Waals surface area contributed by atoms with Crippen molar-refractivity contribution in [2.45, 2.75) is 18.1 Å². The Morgan fingerprint density at radius 3 is 2.36 bits per heavy atom. The maximum atomic E-state index is 11.9. The van der Waals surface area contributed by atoms with Crippen LogP contribution in [0, 0.1) is 0 Å². The van der Waals surface area contributed by atoms with E-state index in [1.54, 1.807) is 19.2 Å². The van der Waals surface area contributed by atoms with E-state index >= 15 is 0 Å². The lowest BCUT2D eigenvalue weighted by Gasteiger charge is -2.17. The van der Waals surface area contributed by atoms with Gasteiger partial charge in [-0.25, -0.2) is 8.42 Å². The molecule has 1 aromatic heterocycles. The van der Waals surface area contributed by atoms with Crippen LogP contribution in [0.1, 0.15) is 13.8 Å². The largest absolute Gasteiger partial charge is 0.506 e. The summed E-state index contributed by atoms with van der Waals surface area (Å²) >= 11 is 1.04. The average Bonchev–Trinajstić information content (AvgIpc) is 2.53. The molecule has 0 aliphatic carbocycles. The minimum absolute atomic E-state index is 0.0289. The Hall–Kier alpha value is -0.590. The fourth-order valence-electron chi connectivity index (χ4n) is 1.16. The molecule has 1 N–H and O–H groups in total. The van der Waals surface area contributed by atoms with Gasteiger partial charge in [0.15, 0.2) is 4.21 Å². The number of thiophene rings is 1. The summed E-state index contributed by atoms with van der Waals surface area (Å²) in [5.74, 6) is -0.165. The van der Waals surface area contributed by atoms with Crippen LogP contribution in [0.15, 0.2) is 15.7 Å².